The second-order valence-electron chi connectivity index (χ2n) is 6.86. The molecular weight excluding hydrogens is 320 g/mol. The second-order valence-corrected chi connectivity index (χ2v) is 6.86. The van der Waals surface area contributed by atoms with Crippen LogP contribution in [0.3, 0.4) is 0 Å². The minimum absolute atomic E-state index is 0.0796. The zero-order valence-corrected chi connectivity index (χ0v) is 15.2. The van der Waals surface area contributed by atoms with Crippen molar-refractivity contribution < 1.29 is 9.59 Å². The molecule has 1 aromatic rings. The molecule has 25 heavy (non-hydrogen) atoms. The zero-order chi connectivity index (χ0) is 18.0. The van der Waals surface area contributed by atoms with Crippen molar-refractivity contribution in [3.05, 3.63) is 17.6 Å². The highest BCUT2D eigenvalue weighted by atomic mass is 16.2. The molecule has 3 rings (SSSR count). The van der Waals surface area contributed by atoms with Gasteiger partial charge in [0.05, 0.1) is 12.2 Å². The van der Waals surface area contributed by atoms with Crippen molar-refractivity contribution in [2.24, 2.45) is 0 Å². The highest BCUT2D eigenvalue weighted by molar-refractivity contribution is 5.79. The van der Waals surface area contributed by atoms with Crippen molar-refractivity contribution in [3.63, 3.8) is 0 Å². The van der Waals surface area contributed by atoms with Crippen LogP contribution in [-0.2, 0) is 22.6 Å². The van der Waals surface area contributed by atoms with Crippen molar-refractivity contribution in [1.82, 2.24) is 24.7 Å². The Labute approximate surface area is 148 Å². The van der Waals surface area contributed by atoms with E-state index in [1.54, 1.807) is 18.2 Å². The molecule has 0 atom stereocenters. The van der Waals surface area contributed by atoms with E-state index in [2.05, 4.69) is 14.9 Å². The highest BCUT2D eigenvalue weighted by Gasteiger charge is 2.27. The van der Waals surface area contributed by atoms with Gasteiger partial charge in [-0.05, 0) is 0 Å². The number of carbonyl (C=O) groups excluding carboxylic acids is 2. The summed E-state index contributed by atoms with van der Waals surface area (Å²) in [5.41, 5.74) is 2.20. The van der Waals surface area contributed by atoms with Gasteiger partial charge in [0.15, 0.2) is 0 Å². The Morgan fingerprint density at radius 3 is 2.40 bits per heavy atom. The summed E-state index contributed by atoms with van der Waals surface area (Å²) in [6, 6.07) is 0. The summed E-state index contributed by atoms with van der Waals surface area (Å²) in [6.07, 6.45) is 2.45. The van der Waals surface area contributed by atoms with Gasteiger partial charge in [-0.25, -0.2) is 9.97 Å². The lowest BCUT2D eigenvalue weighted by molar-refractivity contribution is -0.139. The zero-order valence-electron chi connectivity index (χ0n) is 15.2. The average Bonchev–Trinajstić information content (AvgIpc) is 2.61. The lowest BCUT2D eigenvalue weighted by Gasteiger charge is -2.36. The summed E-state index contributed by atoms with van der Waals surface area (Å²) in [6.45, 7) is 6.00. The molecule has 136 valence electrons. The largest absolute Gasteiger partial charge is 0.362 e. The maximum Gasteiger partial charge on any atom is 0.236 e. The maximum absolute atomic E-state index is 12.6. The Hall–Kier alpha value is -2.22. The number of fused-ring (bicyclic) bond motifs is 1. The molecule has 1 aromatic heterocycles. The van der Waals surface area contributed by atoms with E-state index in [1.165, 1.54) is 0 Å². The van der Waals surface area contributed by atoms with E-state index < -0.39 is 0 Å². The second kappa shape index (κ2) is 7.35. The fourth-order valence-corrected chi connectivity index (χ4v) is 3.46. The van der Waals surface area contributed by atoms with Gasteiger partial charge in [0, 0.05) is 72.3 Å². The molecule has 1 saturated heterocycles. The standard InChI is InChI=1S/C17H26N6O2/c1-13(24)22-6-8-23(9-7-22)16(25)11-21-5-4-15-14(10-21)17(20(2)3)19-12-18-15/h12H,4-11H2,1-3H3. The van der Waals surface area contributed by atoms with Gasteiger partial charge in [-0.2, -0.15) is 0 Å². The molecule has 8 nitrogen and oxygen atoms in total. The lowest BCUT2D eigenvalue weighted by atomic mass is 10.1. The molecule has 3 heterocycles. The van der Waals surface area contributed by atoms with Crippen LogP contribution in [-0.4, -0.2) is 89.8 Å². The number of anilines is 1. The first kappa shape index (κ1) is 17.6. The molecule has 0 spiro atoms. The maximum atomic E-state index is 12.6. The Balaban J connectivity index is 1.60. The van der Waals surface area contributed by atoms with E-state index >= 15 is 0 Å². The number of nitrogens with zero attached hydrogens (tertiary/aromatic N) is 6. The van der Waals surface area contributed by atoms with Crippen molar-refractivity contribution in [2.75, 3.05) is 58.3 Å². The van der Waals surface area contributed by atoms with Gasteiger partial charge in [-0.15, -0.1) is 0 Å². The van der Waals surface area contributed by atoms with Crippen LogP contribution >= 0.6 is 0 Å². The monoisotopic (exact) mass is 346 g/mol. The molecule has 0 unspecified atom stereocenters. The van der Waals surface area contributed by atoms with Crippen molar-refractivity contribution in [3.8, 4) is 0 Å². The third-order valence-corrected chi connectivity index (χ3v) is 4.92. The van der Waals surface area contributed by atoms with E-state index in [0.717, 1.165) is 30.0 Å². The minimum Gasteiger partial charge on any atom is -0.362 e. The third-order valence-electron chi connectivity index (χ3n) is 4.92. The normalized spacial score (nSPS) is 18.0. The minimum atomic E-state index is 0.0796. The van der Waals surface area contributed by atoms with Gasteiger partial charge < -0.3 is 14.7 Å². The lowest BCUT2D eigenvalue weighted by Crippen LogP contribution is -2.52. The summed E-state index contributed by atoms with van der Waals surface area (Å²) in [5, 5.41) is 0. The number of hydrogen-bond acceptors (Lipinski definition) is 6. The van der Waals surface area contributed by atoms with Crippen LogP contribution in [0.2, 0.25) is 0 Å². The molecule has 8 heteroatoms. The van der Waals surface area contributed by atoms with Gasteiger partial charge in [0.25, 0.3) is 0 Å². The molecule has 0 aromatic carbocycles. The number of hydrogen-bond donors (Lipinski definition) is 0. The van der Waals surface area contributed by atoms with Crippen molar-refractivity contribution >= 4 is 17.6 Å². The molecule has 2 amide bonds. The first-order valence-electron chi connectivity index (χ1n) is 8.71. The summed E-state index contributed by atoms with van der Waals surface area (Å²) >= 11 is 0. The van der Waals surface area contributed by atoms with E-state index in [1.807, 2.05) is 23.9 Å². The smallest absolute Gasteiger partial charge is 0.236 e. The van der Waals surface area contributed by atoms with E-state index in [0.29, 0.717) is 39.3 Å². The Kier molecular flexibility index (Phi) is 5.17. The SMILES string of the molecule is CC(=O)N1CCN(C(=O)CN2CCc3ncnc(N(C)C)c3C2)CC1. The van der Waals surface area contributed by atoms with Gasteiger partial charge in [-0.3, -0.25) is 14.5 Å². The van der Waals surface area contributed by atoms with Gasteiger partial charge >= 0.3 is 0 Å². The van der Waals surface area contributed by atoms with Gasteiger partial charge in [0.1, 0.15) is 12.1 Å². The van der Waals surface area contributed by atoms with Crippen LogP contribution in [0.25, 0.3) is 0 Å². The highest BCUT2D eigenvalue weighted by Crippen LogP contribution is 2.24. The topological polar surface area (TPSA) is 72.9 Å². The van der Waals surface area contributed by atoms with Crippen molar-refractivity contribution in [2.45, 2.75) is 19.9 Å². The molecule has 2 aliphatic rings. The predicted molar refractivity (Wildman–Crippen MR) is 94.2 cm³/mol. The summed E-state index contributed by atoms with van der Waals surface area (Å²) in [4.78, 5) is 40.6. The third kappa shape index (κ3) is 3.89. The van der Waals surface area contributed by atoms with E-state index in [9.17, 15) is 9.59 Å². The summed E-state index contributed by atoms with van der Waals surface area (Å²) in [5.74, 6) is 1.14. The quantitative estimate of drug-likeness (QED) is 0.741. The molecule has 0 saturated carbocycles. The van der Waals surface area contributed by atoms with Gasteiger partial charge in [-0.1, -0.05) is 0 Å². The van der Waals surface area contributed by atoms with Crippen LogP contribution in [0.1, 0.15) is 18.2 Å². The Bertz CT molecular complexity index is 655. The van der Waals surface area contributed by atoms with Crippen LogP contribution in [0.5, 0.6) is 0 Å². The Morgan fingerprint density at radius 2 is 1.76 bits per heavy atom. The predicted octanol–water partition coefficient (Wildman–Crippen LogP) is -0.409. The number of piperazine rings is 1. The average molecular weight is 346 g/mol. The molecule has 0 aliphatic carbocycles. The fourth-order valence-electron chi connectivity index (χ4n) is 3.46. The molecule has 0 radical (unpaired) electrons. The molecule has 0 bridgehead atoms. The van der Waals surface area contributed by atoms with Crippen LogP contribution in [0, 0.1) is 0 Å². The molecule has 0 N–H and O–H groups in total. The number of carbonyl (C=O) groups is 2. The van der Waals surface area contributed by atoms with Crippen LogP contribution < -0.4 is 4.90 Å². The summed E-state index contributed by atoms with van der Waals surface area (Å²) in [7, 11) is 3.95. The van der Waals surface area contributed by atoms with E-state index in [4.69, 9.17) is 0 Å². The number of amides is 2. The van der Waals surface area contributed by atoms with Crippen LogP contribution in [0.4, 0.5) is 5.82 Å². The summed E-state index contributed by atoms with van der Waals surface area (Å²) < 4.78 is 0. The first-order chi connectivity index (χ1) is 12.0. The van der Waals surface area contributed by atoms with Crippen LogP contribution in [0.15, 0.2) is 6.33 Å². The van der Waals surface area contributed by atoms with Gasteiger partial charge in [0.2, 0.25) is 11.8 Å². The fraction of sp³-hybridized carbons (Fsp3) is 0.647. The number of rotatable bonds is 3. The van der Waals surface area contributed by atoms with E-state index in [-0.39, 0.29) is 11.8 Å². The first-order valence-corrected chi connectivity index (χ1v) is 8.71. The Morgan fingerprint density at radius 1 is 1.08 bits per heavy atom. The van der Waals surface area contributed by atoms with Crippen molar-refractivity contribution in [1.29, 1.82) is 0 Å². The molecule has 2 aliphatic heterocycles. The molecule has 1 fully saturated rings. The number of aromatic nitrogens is 2. The molecular formula is C17H26N6O2.